The molecule has 0 aliphatic rings. The number of para-hydroxylation sites is 1. The zero-order valence-electron chi connectivity index (χ0n) is 13.5. The number of thiocarbonyl (C=S) groups is 1. The van der Waals surface area contributed by atoms with E-state index in [9.17, 15) is 0 Å². The number of anilines is 1. The van der Waals surface area contributed by atoms with Gasteiger partial charge in [-0.2, -0.15) is 10.4 Å². The van der Waals surface area contributed by atoms with Crippen LogP contribution in [0.15, 0.2) is 47.6 Å². The highest BCUT2D eigenvalue weighted by Crippen LogP contribution is 2.19. The van der Waals surface area contributed by atoms with Crippen molar-refractivity contribution in [1.29, 1.82) is 5.26 Å². The molecule has 2 N–H and O–H groups in total. The third-order valence-electron chi connectivity index (χ3n) is 3.28. The van der Waals surface area contributed by atoms with Crippen LogP contribution in [-0.2, 0) is 0 Å². The van der Waals surface area contributed by atoms with Crippen LogP contribution in [0.4, 0.5) is 5.69 Å². The van der Waals surface area contributed by atoms with Gasteiger partial charge in [0.25, 0.3) is 0 Å². The molecule has 0 atom stereocenters. The smallest absolute Gasteiger partial charge is 0.191 e. The van der Waals surface area contributed by atoms with E-state index >= 15 is 0 Å². The fraction of sp³-hybridized carbons (Fsp3) is 0.167. The average Bonchev–Trinajstić information content (AvgIpc) is 2.57. The average molecular weight is 338 g/mol. The summed E-state index contributed by atoms with van der Waals surface area (Å²) in [6.45, 7) is 4.08. The van der Waals surface area contributed by atoms with E-state index in [4.69, 9.17) is 22.2 Å². The normalized spacial score (nSPS) is 10.2. The minimum absolute atomic E-state index is 0.0350. The van der Waals surface area contributed by atoms with Gasteiger partial charge in [-0.05, 0) is 67.0 Å². The Morgan fingerprint density at radius 2 is 1.88 bits per heavy atom. The zero-order valence-corrected chi connectivity index (χ0v) is 14.4. The number of benzene rings is 2. The summed E-state index contributed by atoms with van der Waals surface area (Å²) in [4.78, 5) is 0. The van der Waals surface area contributed by atoms with Gasteiger partial charge in [-0.15, -0.1) is 0 Å². The number of hydrazone groups is 1. The van der Waals surface area contributed by atoms with Gasteiger partial charge in [-0.1, -0.05) is 18.2 Å². The van der Waals surface area contributed by atoms with Crippen molar-refractivity contribution in [1.82, 2.24) is 5.43 Å². The van der Waals surface area contributed by atoms with E-state index < -0.39 is 0 Å². The van der Waals surface area contributed by atoms with E-state index in [1.807, 2.05) is 50.2 Å². The van der Waals surface area contributed by atoms with Crippen molar-refractivity contribution in [3.63, 3.8) is 0 Å². The number of aryl methyl sites for hydroxylation is 2. The molecular formula is C18H18N4OS. The molecule has 0 radical (unpaired) electrons. The Labute approximate surface area is 147 Å². The number of ether oxygens (including phenoxy) is 1. The van der Waals surface area contributed by atoms with Crippen molar-refractivity contribution in [2.45, 2.75) is 13.8 Å². The van der Waals surface area contributed by atoms with Crippen molar-refractivity contribution in [2.75, 3.05) is 11.9 Å². The molecule has 6 heteroatoms. The molecule has 2 aromatic rings. The number of hydrogen-bond acceptors (Lipinski definition) is 4. The lowest BCUT2D eigenvalue weighted by atomic mass is 10.1. The van der Waals surface area contributed by atoms with Gasteiger partial charge in [0.2, 0.25) is 0 Å². The molecule has 0 amide bonds. The van der Waals surface area contributed by atoms with Crippen molar-refractivity contribution >= 4 is 29.2 Å². The largest absolute Gasteiger partial charge is 0.479 e. The van der Waals surface area contributed by atoms with Crippen LogP contribution in [0.2, 0.25) is 0 Å². The lowest BCUT2D eigenvalue weighted by Crippen LogP contribution is -2.24. The molecule has 0 aliphatic carbocycles. The molecule has 24 heavy (non-hydrogen) atoms. The molecule has 0 spiro atoms. The van der Waals surface area contributed by atoms with Crippen LogP contribution in [0.1, 0.15) is 16.7 Å². The van der Waals surface area contributed by atoms with Gasteiger partial charge in [0.1, 0.15) is 11.8 Å². The van der Waals surface area contributed by atoms with Gasteiger partial charge >= 0.3 is 0 Å². The van der Waals surface area contributed by atoms with Crippen LogP contribution >= 0.6 is 12.2 Å². The van der Waals surface area contributed by atoms with E-state index in [0.29, 0.717) is 10.9 Å². The summed E-state index contributed by atoms with van der Waals surface area (Å²) in [5.41, 5.74) is 6.92. The SMILES string of the molecule is Cc1cccc(C)c1NC(=S)N/N=C\c1ccc(OCC#N)cc1. The number of nitriles is 1. The Morgan fingerprint density at radius 3 is 2.50 bits per heavy atom. The minimum Gasteiger partial charge on any atom is -0.479 e. The molecular weight excluding hydrogens is 320 g/mol. The highest BCUT2D eigenvalue weighted by Gasteiger charge is 2.03. The molecule has 122 valence electrons. The number of nitrogens with one attached hydrogen (secondary N) is 2. The molecule has 0 bridgehead atoms. The number of nitrogens with zero attached hydrogens (tertiary/aromatic N) is 2. The predicted molar refractivity (Wildman–Crippen MR) is 100 cm³/mol. The van der Waals surface area contributed by atoms with Crippen LogP contribution in [0.25, 0.3) is 0 Å². The van der Waals surface area contributed by atoms with E-state index in [-0.39, 0.29) is 6.61 Å². The first kappa shape index (κ1) is 17.4. The van der Waals surface area contributed by atoms with Gasteiger partial charge < -0.3 is 10.1 Å². The molecule has 0 saturated heterocycles. The molecule has 0 fully saturated rings. The first-order chi connectivity index (χ1) is 11.6. The molecule has 0 aromatic heterocycles. The van der Waals surface area contributed by atoms with E-state index in [1.54, 1.807) is 18.3 Å². The summed E-state index contributed by atoms with van der Waals surface area (Å²) >= 11 is 5.25. The monoisotopic (exact) mass is 338 g/mol. The first-order valence-electron chi connectivity index (χ1n) is 7.36. The second-order valence-corrected chi connectivity index (χ2v) is 5.52. The maximum Gasteiger partial charge on any atom is 0.191 e. The molecule has 2 rings (SSSR count). The molecule has 0 heterocycles. The number of rotatable bonds is 5. The summed E-state index contributed by atoms with van der Waals surface area (Å²) in [7, 11) is 0. The topological polar surface area (TPSA) is 69.4 Å². The number of hydrogen-bond donors (Lipinski definition) is 2. The van der Waals surface area contributed by atoms with Crippen LogP contribution in [0, 0.1) is 25.2 Å². The molecule has 2 aromatic carbocycles. The first-order valence-corrected chi connectivity index (χ1v) is 7.77. The molecule has 5 nitrogen and oxygen atoms in total. The zero-order chi connectivity index (χ0) is 17.4. The Hall–Kier alpha value is -2.91. The third-order valence-corrected chi connectivity index (χ3v) is 3.48. The van der Waals surface area contributed by atoms with Gasteiger partial charge in [0, 0.05) is 5.69 Å². The molecule has 0 aliphatic heterocycles. The van der Waals surface area contributed by atoms with E-state index in [1.165, 1.54) is 0 Å². The Kier molecular flexibility index (Phi) is 6.29. The quantitative estimate of drug-likeness (QED) is 0.496. The Bertz CT molecular complexity index is 758. The van der Waals surface area contributed by atoms with Crippen molar-refractivity contribution in [2.24, 2.45) is 5.10 Å². The second kappa shape index (κ2) is 8.65. The molecule has 0 unspecified atom stereocenters. The highest BCUT2D eigenvalue weighted by molar-refractivity contribution is 7.80. The third kappa shape index (κ3) is 5.07. The Morgan fingerprint density at radius 1 is 1.21 bits per heavy atom. The van der Waals surface area contributed by atoms with Crippen molar-refractivity contribution < 1.29 is 4.74 Å². The Balaban J connectivity index is 1.89. The lowest BCUT2D eigenvalue weighted by Gasteiger charge is -2.12. The second-order valence-electron chi connectivity index (χ2n) is 5.11. The maximum atomic E-state index is 8.47. The van der Waals surface area contributed by atoms with Gasteiger partial charge in [-0.25, -0.2) is 0 Å². The summed E-state index contributed by atoms with van der Waals surface area (Å²) in [6.07, 6.45) is 1.66. The summed E-state index contributed by atoms with van der Waals surface area (Å²) in [5, 5.41) is 16.2. The van der Waals surface area contributed by atoms with E-state index in [0.717, 1.165) is 22.4 Å². The molecule has 0 saturated carbocycles. The van der Waals surface area contributed by atoms with Crippen molar-refractivity contribution in [3.05, 3.63) is 59.2 Å². The fourth-order valence-corrected chi connectivity index (χ4v) is 2.24. The fourth-order valence-electron chi connectivity index (χ4n) is 2.08. The van der Waals surface area contributed by atoms with E-state index in [2.05, 4.69) is 15.8 Å². The van der Waals surface area contributed by atoms with Crippen LogP contribution in [0.5, 0.6) is 5.75 Å². The summed E-state index contributed by atoms with van der Waals surface area (Å²) < 4.78 is 5.19. The lowest BCUT2D eigenvalue weighted by molar-refractivity contribution is 0.368. The standard InChI is InChI=1S/C18H18N4OS/c1-13-4-3-5-14(2)17(13)21-18(24)22-20-12-15-6-8-16(9-7-15)23-11-10-19/h3-9,12H,11H2,1-2H3,(H2,21,22,24)/b20-12-. The van der Waals surface area contributed by atoms with Gasteiger partial charge in [0.05, 0.1) is 6.21 Å². The summed E-state index contributed by atoms with van der Waals surface area (Å²) in [6, 6.07) is 15.2. The highest BCUT2D eigenvalue weighted by atomic mass is 32.1. The predicted octanol–water partition coefficient (Wildman–Crippen LogP) is 3.53. The van der Waals surface area contributed by atoms with Crippen LogP contribution < -0.4 is 15.5 Å². The summed E-state index contributed by atoms with van der Waals surface area (Å²) in [5.74, 6) is 0.647. The van der Waals surface area contributed by atoms with Gasteiger partial charge in [-0.3, -0.25) is 5.43 Å². The van der Waals surface area contributed by atoms with Crippen LogP contribution in [0.3, 0.4) is 0 Å². The van der Waals surface area contributed by atoms with Crippen LogP contribution in [-0.4, -0.2) is 17.9 Å². The van der Waals surface area contributed by atoms with Gasteiger partial charge in [0.15, 0.2) is 11.7 Å². The maximum absolute atomic E-state index is 8.47. The van der Waals surface area contributed by atoms with Crippen molar-refractivity contribution in [3.8, 4) is 11.8 Å². The minimum atomic E-state index is 0.0350.